The van der Waals surface area contributed by atoms with E-state index in [1.165, 1.54) is 21.3 Å². The second-order valence-electron chi connectivity index (χ2n) is 4.85. The minimum Gasteiger partial charge on any atom is -0.467 e. The molecule has 0 bridgehead atoms. The number of rotatable bonds is 8. The summed E-state index contributed by atoms with van der Waals surface area (Å²) < 4.78 is 20.7. The molecule has 7 heteroatoms. The van der Waals surface area contributed by atoms with Gasteiger partial charge in [-0.2, -0.15) is 0 Å². The molecule has 1 fully saturated rings. The molecule has 20 heavy (non-hydrogen) atoms. The third-order valence-corrected chi connectivity index (χ3v) is 5.19. The van der Waals surface area contributed by atoms with E-state index in [0.717, 1.165) is 25.7 Å². The summed E-state index contributed by atoms with van der Waals surface area (Å²) in [4.78, 5) is 11.8. The molecule has 118 valence electrons. The fourth-order valence-corrected chi connectivity index (χ4v) is 3.56. The van der Waals surface area contributed by atoms with Gasteiger partial charge < -0.3 is 23.6 Å². The molecule has 3 atom stereocenters. The molecular formula is C13H25O6P. The Bertz CT molecular complexity index is 284. The highest BCUT2D eigenvalue weighted by Gasteiger charge is 2.34. The molecule has 1 aliphatic carbocycles. The van der Waals surface area contributed by atoms with Crippen molar-refractivity contribution < 1.29 is 28.4 Å². The largest absolute Gasteiger partial charge is 0.467 e. The van der Waals surface area contributed by atoms with E-state index in [1.54, 1.807) is 0 Å². The van der Waals surface area contributed by atoms with Crippen LogP contribution < -0.4 is 0 Å². The van der Waals surface area contributed by atoms with Gasteiger partial charge in [0, 0.05) is 20.8 Å². The quantitative estimate of drug-likeness (QED) is 0.545. The van der Waals surface area contributed by atoms with Crippen LogP contribution in [0.15, 0.2) is 0 Å². The van der Waals surface area contributed by atoms with Crippen LogP contribution in [0.2, 0.25) is 0 Å². The predicted molar refractivity (Wildman–Crippen MR) is 75.2 cm³/mol. The zero-order valence-corrected chi connectivity index (χ0v) is 13.3. The van der Waals surface area contributed by atoms with Crippen molar-refractivity contribution in [3.05, 3.63) is 0 Å². The lowest BCUT2D eigenvalue weighted by Crippen LogP contribution is -2.32. The van der Waals surface area contributed by atoms with E-state index in [-0.39, 0.29) is 18.4 Å². The molecule has 0 radical (unpaired) electrons. The molecule has 1 aliphatic rings. The Morgan fingerprint density at radius 1 is 1.20 bits per heavy atom. The van der Waals surface area contributed by atoms with Gasteiger partial charge in [0.15, 0.2) is 0 Å². The third-order valence-electron chi connectivity index (χ3n) is 3.72. The van der Waals surface area contributed by atoms with Crippen molar-refractivity contribution in [2.45, 2.75) is 31.5 Å². The van der Waals surface area contributed by atoms with Gasteiger partial charge in [-0.25, -0.2) is 4.79 Å². The molecular weight excluding hydrogens is 283 g/mol. The van der Waals surface area contributed by atoms with Crippen LogP contribution in [0.1, 0.15) is 25.7 Å². The van der Waals surface area contributed by atoms with Crippen LogP contribution >= 0.6 is 8.38 Å². The van der Waals surface area contributed by atoms with Gasteiger partial charge in [-0.15, -0.1) is 0 Å². The van der Waals surface area contributed by atoms with Gasteiger partial charge >= 0.3 is 5.97 Å². The van der Waals surface area contributed by atoms with Crippen molar-refractivity contribution in [3.8, 4) is 0 Å². The summed E-state index contributed by atoms with van der Waals surface area (Å²) in [5, 5.41) is 9.39. The van der Waals surface area contributed by atoms with Gasteiger partial charge in [-0.3, -0.25) is 0 Å². The molecule has 1 saturated carbocycles. The summed E-state index contributed by atoms with van der Waals surface area (Å²) in [6.45, 7) is 0.580. The maximum absolute atomic E-state index is 11.8. The zero-order chi connectivity index (χ0) is 15.0. The third kappa shape index (κ3) is 4.93. The molecule has 3 unspecified atom stereocenters. The average Bonchev–Trinajstić information content (AvgIpc) is 2.51. The molecule has 6 nitrogen and oxygen atoms in total. The number of carbonyl (C=O) groups excluding carboxylic acids is 1. The molecule has 1 N–H and O–H groups in total. The van der Waals surface area contributed by atoms with Gasteiger partial charge in [-0.1, -0.05) is 12.8 Å². The Morgan fingerprint density at radius 2 is 1.80 bits per heavy atom. The Morgan fingerprint density at radius 3 is 2.30 bits per heavy atom. The first kappa shape index (κ1) is 17.8. The highest BCUT2D eigenvalue weighted by molar-refractivity contribution is 7.49. The molecule has 0 aromatic heterocycles. The normalized spacial score (nSPS) is 24.6. The number of methoxy groups -OCH3 is 1. The summed E-state index contributed by atoms with van der Waals surface area (Å²) in [5.74, 6) is -0.813. The fraction of sp³-hybridized carbons (Fsp3) is 0.923. The van der Waals surface area contributed by atoms with E-state index < -0.39 is 20.2 Å². The Labute approximate surface area is 121 Å². The highest BCUT2D eigenvalue weighted by Crippen LogP contribution is 2.43. The maximum Gasteiger partial charge on any atom is 0.344 e. The van der Waals surface area contributed by atoms with Crippen molar-refractivity contribution >= 4 is 14.3 Å². The van der Waals surface area contributed by atoms with Crippen LogP contribution in [-0.2, 0) is 23.3 Å². The van der Waals surface area contributed by atoms with E-state index in [2.05, 4.69) is 0 Å². The Balaban J connectivity index is 2.58. The van der Waals surface area contributed by atoms with Crippen LogP contribution in [0.3, 0.4) is 0 Å². The van der Waals surface area contributed by atoms with Crippen LogP contribution in [-0.4, -0.2) is 51.5 Å². The Hall–Kier alpha value is -0.260. The molecule has 0 spiro atoms. The van der Waals surface area contributed by atoms with Crippen molar-refractivity contribution in [1.29, 1.82) is 0 Å². The minimum atomic E-state index is -1.47. The van der Waals surface area contributed by atoms with Gasteiger partial charge in [0.2, 0.25) is 14.2 Å². The standard InChI is InChI=1S/C13H25O6P/c1-16-12(15)13(20(17-2)18-3)19-9-11-7-5-4-6-10(11)8-14/h10-11,13-14H,4-9H2,1-3H3. The maximum atomic E-state index is 11.8. The number of aliphatic hydroxyl groups excluding tert-OH is 1. The first-order valence-electron chi connectivity index (χ1n) is 6.85. The minimum absolute atomic E-state index is 0.167. The summed E-state index contributed by atoms with van der Waals surface area (Å²) in [5.41, 5.74) is 0. The molecule has 0 amide bonds. The molecule has 0 heterocycles. The van der Waals surface area contributed by atoms with E-state index in [0.29, 0.717) is 6.61 Å². The van der Waals surface area contributed by atoms with Crippen molar-refractivity contribution in [3.63, 3.8) is 0 Å². The number of esters is 1. The summed E-state index contributed by atoms with van der Waals surface area (Å²) in [7, 11) is 2.80. The predicted octanol–water partition coefficient (Wildman–Crippen LogP) is 1.91. The van der Waals surface area contributed by atoms with Crippen LogP contribution in [0.25, 0.3) is 0 Å². The number of hydrogen-bond donors (Lipinski definition) is 1. The number of aliphatic hydroxyl groups is 1. The topological polar surface area (TPSA) is 74.2 Å². The lowest BCUT2D eigenvalue weighted by atomic mass is 9.80. The molecule has 0 aromatic carbocycles. The monoisotopic (exact) mass is 308 g/mol. The molecule has 0 aromatic rings. The average molecular weight is 308 g/mol. The van der Waals surface area contributed by atoms with Crippen molar-refractivity contribution in [1.82, 2.24) is 0 Å². The zero-order valence-electron chi connectivity index (χ0n) is 12.4. The van der Waals surface area contributed by atoms with Crippen molar-refractivity contribution in [2.75, 3.05) is 34.5 Å². The van der Waals surface area contributed by atoms with E-state index in [9.17, 15) is 9.90 Å². The van der Waals surface area contributed by atoms with Crippen LogP contribution in [0.5, 0.6) is 0 Å². The van der Waals surface area contributed by atoms with E-state index in [4.69, 9.17) is 18.5 Å². The highest BCUT2D eigenvalue weighted by atomic mass is 31.2. The summed E-state index contributed by atoms with van der Waals surface area (Å²) >= 11 is 0. The number of carbonyl (C=O) groups is 1. The van der Waals surface area contributed by atoms with E-state index >= 15 is 0 Å². The number of ether oxygens (including phenoxy) is 2. The SMILES string of the molecule is COC(=O)C(OCC1CCCCC1CO)P(OC)OC. The molecule has 0 saturated heterocycles. The summed E-state index contributed by atoms with van der Waals surface area (Å²) in [6, 6.07) is 0. The van der Waals surface area contributed by atoms with E-state index in [1.807, 2.05) is 0 Å². The first-order chi connectivity index (χ1) is 9.67. The smallest absolute Gasteiger partial charge is 0.344 e. The fourth-order valence-electron chi connectivity index (χ4n) is 2.54. The van der Waals surface area contributed by atoms with Gasteiger partial charge in [0.1, 0.15) is 0 Å². The second kappa shape index (κ2) is 9.64. The lowest BCUT2D eigenvalue weighted by molar-refractivity contribution is -0.150. The second-order valence-corrected chi connectivity index (χ2v) is 6.62. The lowest BCUT2D eigenvalue weighted by Gasteiger charge is -2.31. The van der Waals surface area contributed by atoms with Crippen molar-refractivity contribution in [2.24, 2.45) is 11.8 Å². The van der Waals surface area contributed by atoms with Crippen LogP contribution in [0.4, 0.5) is 0 Å². The summed E-state index contributed by atoms with van der Waals surface area (Å²) in [6.07, 6.45) is 4.30. The van der Waals surface area contributed by atoms with Gasteiger partial charge in [0.25, 0.3) is 0 Å². The first-order valence-corrected chi connectivity index (χ1v) is 8.10. The van der Waals surface area contributed by atoms with Crippen LogP contribution in [0, 0.1) is 11.8 Å². The Kier molecular flexibility index (Phi) is 8.57. The van der Waals surface area contributed by atoms with Gasteiger partial charge in [-0.05, 0) is 24.7 Å². The molecule has 1 rings (SSSR count). The van der Waals surface area contributed by atoms with Gasteiger partial charge in [0.05, 0.1) is 13.7 Å². The number of hydrogen-bond acceptors (Lipinski definition) is 6. The molecule has 0 aliphatic heterocycles.